The normalized spacial score (nSPS) is 11.0. The topological polar surface area (TPSA) is 85.2 Å². The molecule has 7 heteroatoms. The molecule has 114 valence electrons. The minimum absolute atomic E-state index is 0.527. The molecular weight excluding hydrogens is 278 g/mol. The van der Waals surface area contributed by atoms with Crippen LogP contribution in [0.3, 0.4) is 0 Å². The highest BCUT2D eigenvalue weighted by Gasteiger charge is 2.11. The summed E-state index contributed by atoms with van der Waals surface area (Å²) in [6, 6.07) is 5.85. The highest BCUT2D eigenvalue weighted by molar-refractivity contribution is 5.47. The molecule has 0 unspecified atom stereocenters. The molecule has 0 amide bonds. The van der Waals surface area contributed by atoms with Crippen molar-refractivity contribution in [3.63, 3.8) is 0 Å². The summed E-state index contributed by atoms with van der Waals surface area (Å²) < 4.78 is 1.75. The molecule has 0 fully saturated rings. The number of rotatable bonds is 5. The van der Waals surface area contributed by atoms with Gasteiger partial charge in [-0.15, -0.1) is 0 Å². The van der Waals surface area contributed by atoms with Gasteiger partial charge >= 0.3 is 0 Å². The zero-order valence-electron chi connectivity index (χ0n) is 12.8. The van der Waals surface area contributed by atoms with Gasteiger partial charge in [0.2, 0.25) is 0 Å². The molecule has 0 saturated heterocycles. The number of nitrogens with two attached hydrogens (primary N) is 1. The number of hydrogen-bond donors (Lipinski definition) is 1. The van der Waals surface area contributed by atoms with Crippen LogP contribution in [0.1, 0.15) is 24.6 Å². The van der Waals surface area contributed by atoms with E-state index in [-0.39, 0.29) is 0 Å². The molecule has 3 heterocycles. The molecule has 3 rings (SSSR count). The van der Waals surface area contributed by atoms with Crippen LogP contribution in [0.2, 0.25) is 0 Å². The Hall–Kier alpha value is -2.70. The molecular formula is C15H19N7. The van der Waals surface area contributed by atoms with E-state index in [1.165, 1.54) is 6.33 Å². The van der Waals surface area contributed by atoms with Crippen LogP contribution in [0.25, 0.3) is 5.78 Å². The minimum atomic E-state index is 0.527. The molecule has 0 aliphatic rings. The second-order valence-electron chi connectivity index (χ2n) is 5.27. The number of anilines is 2. The number of hydrogen-bond acceptors (Lipinski definition) is 6. The Kier molecular flexibility index (Phi) is 3.86. The summed E-state index contributed by atoms with van der Waals surface area (Å²) >= 11 is 0. The fraction of sp³-hybridized carbons (Fsp3) is 0.333. The van der Waals surface area contributed by atoms with Gasteiger partial charge in [-0.1, -0.05) is 19.4 Å². The Morgan fingerprint density at radius 1 is 1.27 bits per heavy atom. The van der Waals surface area contributed by atoms with Gasteiger partial charge in [-0.05, 0) is 18.1 Å². The molecule has 22 heavy (non-hydrogen) atoms. The Balaban J connectivity index is 1.93. The van der Waals surface area contributed by atoms with Crippen molar-refractivity contribution < 1.29 is 0 Å². The van der Waals surface area contributed by atoms with Crippen LogP contribution in [0.15, 0.2) is 30.7 Å². The largest absolute Gasteiger partial charge is 0.384 e. The Morgan fingerprint density at radius 3 is 2.86 bits per heavy atom. The third-order valence-corrected chi connectivity index (χ3v) is 3.45. The molecule has 0 aromatic carbocycles. The zero-order chi connectivity index (χ0) is 15.5. The van der Waals surface area contributed by atoms with E-state index < -0.39 is 0 Å². The quantitative estimate of drug-likeness (QED) is 0.771. The smallest absolute Gasteiger partial charge is 0.254 e. The van der Waals surface area contributed by atoms with E-state index in [0.29, 0.717) is 18.1 Å². The lowest BCUT2D eigenvalue weighted by Gasteiger charge is -2.20. The maximum atomic E-state index is 5.63. The number of aromatic nitrogens is 5. The molecule has 2 N–H and O–H groups in total. The van der Waals surface area contributed by atoms with Gasteiger partial charge in [-0.3, -0.25) is 0 Å². The van der Waals surface area contributed by atoms with Crippen LogP contribution >= 0.6 is 0 Å². The molecule has 0 spiro atoms. The average molecular weight is 297 g/mol. The molecule has 0 aliphatic carbocycles. The highest BCUT2D eigenvalue weighted by Crippen LogP contribution is 2.18. The first-order chi connectivity index (χ1) is 10.7. The predicted molar refractivity (Wildman–Crippen MR) is 85.5 cm³/mol. The Morgan fingerprint density at radius 2 is 2.14 bits per heavy atom. The molecule has 3 aromatic rings. The van der Waals surface area contributed by atoms with E-state index in [9.17, 15) is 0 Å². The first kappa shape index (κ1) is 14.2. The van der Waals surface area contributed by atoms with Crippen molar-refractivity contribution in [3.05, 3.63) is 42.0 Å². The molecule has 0 radical (unpaired) electrons. The summed E-state index contributed by atoms with van der Waals surface area (Å²) in [5, 5.41) is 4.26. The SMILES string of the molecule is CCCc1cc(N(C)Cc2ccc(N)nc2)n2ncnc2n1. The van der Waals surface area contributed by atoms with E-state index in [0.717, 1.165) is 29.9 Å². The van der Waals surface area contributed by atoms with Gasteiger partial charge in [0, 0.05) is 31.5 Å². The van der Waals surface area contributed by atoms with Crippen LogP contribution in [-0.2, 0) is 13.0 Å². The van der Waals surface area contributed by atoms with E-state index in [4.69, 9.17) is 5.73 Å². The first-order valence-electron chi connectivity index (χ1n) is 7.28. The maximum absolute atomic E-state index is 5.63. The number of nitrogens with zero attached hydrogens (tertiary/aromatic N) is 6. The lowest BCUT2D eigenvalue weighted by molar-refractivity contribution is 0.807. The van der Waals surface area contributed by atoms with Crippen LogP contribution < -0.4 is 10.6 Å². The molecule has 0 saturated carbocycles. The van der Waals surface area contributed by atoms with Gasteiger partial charge in [-0.2, -0.15) is 14.6 Å². The van der Waals surface area contributed by atoms with Crippen molar-refractivity contribution in [1.29, 1.82) is 0 Å². The highest BCUT2D eigenvalue weighted by atomic mass is 15.4. The second kappa shape index (κ2) is 5.97. The molecule has 0 aliphatic heterocycles. The van der Waals surface area contributed by atoms with Crippen LogP contribution in [-0.4, -0.2) is 31.6 Å². The van der Waals surface area contributed by atoms with Crippen molar-refractivity contribution in [3.8, 4) is 0 Å². The Bertz CT molecular complexity index is 763. The van der Waals surface area contributed by atoms with Gasteiger partial charge in [0.1, 0.15) is 18.0 Å². The summed E-state index contributed by atoms with van der Waals surface area (Å²) in [6.07, 6.45) is 5.29. The first-order valence-corrected chi connectivity index (χ1v) is 7.28. The van der Waals surface area contributed by atoms with Crippen molar-refractivity contribution in [2.24, 2.45) is 0 Å². The average Bonchev–Trinajstić information content (AvgIpc) is 2.97. The second-order valence-corrected chi connectivity index (χ2v) is 5.27. The monoisotopic (exact) mass is 297 g/mol. The van der Waals surface area contributed by atoms with E-state index >= 15 is 0 Å². The van der Waals surface area contributed by atoms with Crippen molar-refractivity contribution >= 4 is 17.4 Å². The third kappa shape index (κ3) is 2.83. The van der Waals surface area contributed by atoms with E-state index in [1.54, 1.807) is 10.7 Å². The fourth-order valence-electron chi connectivity index (χ4n) is 2.38. The van der Waals surface area contributed by atoms with Gasteiger partial charge in [0.25, 0.3) is 5.78 Å². The third-order valence-electron chi connectivity index (χ3n) is 3.45. The number of nitrogen functional groups attached to an aromatic ring is 1. The minimum Gasteiger partial charge on any atom is -0.384 e. The number of aryl methyl sites for hydroxylation is 1. The molecule has 3 aromatic heterocycles. The van der Waals surface area contributed by atoms with Gasteiger partial charge in [0.05, 0.1) is 0 Å². The van der Waals surface area contributed by atoms with Gasteiger partial charge < -0.3 is 10.6 Å². The molecule has 0 bridgehead atoms. The molecule has 0 atom stereocenters. The fourth-order valence-corrected chi connectivity index (χ4v) is 2.38. The van der Waals surface area contributed by atoms with Gasteiger partial charge in [-0.25, -0.2) is 9.97 Å². The van der Waals surface area contributed by atoms with Crippen LogP contribution in [0.4, 0.5) is 11.6 Å². The van der Waals surface area contributed by atoms with Crippen molar-refractivity contribution in [1.82, 2.24) is 24.6 Å². The summed E-state index contributed by atoms with van der Waals surface area (Å²) in [4.78, 5) is 15.0. The lowest BCUT2D eigenvalue weighted by atomic mass is 10.2. The number of pyridine rings is 1. The number of fused-ring (bicyclic) bond motifs is 1. The van der Waals surface area contributed by atoms with E-state index in [2.05, 4.69) is 37.9 Å². The Labute approximate surface area is 128 Å². The van der Waals surface area contributed by atoms with E-state index in [1.807, 2.05) is 19.2 Å². The summed E-state index contributed by atoms with van der Waals surface area (Å²) in [5.74, 6) is 2.12. The van der Waals surface area contributed by atoms with Gasteiger partial charge in [0.15, 0.2) is 0 Å². The summed E-state index contributed by atoms with van der Waals surface area (Å²) in [5.41, 5.74) is 7.74. The molecule has 7 nitrogen and oxygen atoms in total. The summed E-state index contributed by atoms with van der Waals surface area (Å²) in [7, 11) is 2.02. The van der Waals surface area contributed by atoms with Crippen molar-refractivity contribution in [2.75, 3.05) is 17.7 Å². The predicted octanol–water partition coefficient (Wildman–Crippen LogP) is 1.69. The maximum Gasteiger partial charge on any atom is 0.254 e. The van der Waals surface area contributed by atoms with Crippen molar-refractivity contribution in [2.45, 2.75) is 26.3 Å². The standard InChI is InChI=1S/C15H19N7/c1-3-4-12-7-14(22-15(20-12)18-10-19-22)21(2)9-11-5-6-13(16)17-8-11/h5-8,10H,3-4,9H2,1-2H3,(H2,16,17). The lowest BCUT2D eigenvalue weighted by Crippen LogP contribution is -2.20. The van der Waals surface area contributed by atoms with Crippen LogP contribution in [0.5, 0.6) is 0 Å². The zero-order valence-corrected chi connectivity index (χ0v) is 12.8. The van der Waals surface area contributed by atoms with Crippen LogP contribution in [0, 0.1) is 0 Å². The summed E-state index contributed by atoms with van der Waals surface area (Å²) in [6.45, 7) is 2.84.